The van der Waals surface area contributed by atoms with E-state index in [1.54, 1.807) is 13.8 Å². The zero-order chi connectivity index (χ0) is 14.3. The molecule has 0 bridgehead atoms. The van der Waals surface area contributed by atoms with Crippen molar-refractivity contribution in [2.75, 3.05) is 5.73 Å². The van der Waals surface area contributed by atoms with Gasteiger partial charge in [-0.25, -0.2) is 23.1 Å². The van der Waals surface area contributed by atoms with Crippen LogP contribution in [0.2, 0.25) is 0 Å². The maximum Gasteiger partial charge on any atom is 0.176 e. The molecule has 2 aromatic rings. The monoisotopic (exact) mass is 287 g/mol. The fraction of sp³-hybridized carbons (Fsp3) is 0.333. The van der Waals surface area contributed by atoms with E-state index in [9.17, 15) is 13.2 Å². The molecule has 102 valence electrons. The lowest BCUT2D eigenvalue weighted by atomic mass is 10.2. The Morgan fingerprint density at radius 2 is 1.68 bits per heavy atom. The van der Waals surface area contributed by atoms with Crippen molar-refractivity contribution in [3.63, 3.8) is 0 Å². The number of nitrogens with two attached hydrogens (primary N) is 1. The number of halogens is 3. The van der Waals surface area contributed by atoms with Crippen molar-refractivity contribution in [3.8, 4) is 0 Å². The third-order valence-electron chi connectivity index (χ3n) is 2.42. The Labute approximate surface area is 112 Å². The predicted octanol–water partition coefficient (Wildman–Crippen LogP) is 3.44. The minimum absolute atomic E-state index is 0.0962. The first-order valence-corrected chi connectivity index (χ1v) is 6.47. The molecule has 7 heteroatoms. The third-order valence-corrected chi connectivity index (χ3v) is 3.49. The molecule has 1 aromatic carbocycles. The molecule has 0 radical (unpaired) electrons. The molecule has 0 saturated carbocycles. The van der Waals surface area contributed by atoms with Gasteiger partial charge in [0.1, 0.15) is 17.2 Å². The molecule has 0 amide bonds. The van der Waals surface area contributed by atoms with E-state index >= 15 is 0 Å². The van der Waals surface area contributed by atoms with Crippen LogP contribution in [-0.2, 0) is 0 Å². The fourth-order valence-electron chi connectivity index (χ4n) is 1.72. The van der Waals surface area contributed by atoms with Crippen LogP contribution in [0.25, 0.3) is 10.9 Å². The van der Waals surface area contributed by atoms with Gasteiger partial charge in [0.2, 0.25) is 0 Å². The number of fused-ring (bicyclic) bond motifs is 1. The van der Waals surface area contributed by atoms with Crippen molar-refractivity contribution in [1.82, 2.24) is 9.97 Å². The summed E-state index contributed by atoms with van der Waals surface area (Å²) in [6.45, 7) is 5.02. The highest BCUT2D eigenvalue weighted by Gasteiger charge is 2.24. The first-order chi connectivity index (χ1) is 8.82. The Hall–Kier alpha value is -1.50. The maximum atomic E-state index is 14.3. The average molecular weight is 287 g/mol. The number of nitrogens with zero attached hydrogens (tertiary/aromatic N) is 2. The van der Waals surface area contributed by atoms with E-state index in [-0.39, 0.29) is 27.3 Å². The zero-order valence-electron chi connectivity index (χ0n) is 10.6. The summed E-state index contributed by atoms with van der Waals surface area (Å²) in [5, 5.41) is -0.505. The smallest absolute Gasteiger partial charge is 0.176 e. The van der Waals surface area contributed by atoms with Gasteiger partial charge in [-0.3, -0.25) is 0 Å². The van der Waals surface area contributed by atoms with E-state index in [1.165, 1.54) is 6.92 Å². The number of hydrogen-bond donors (Lipinski definition) is 1. The van der Waals surface area contributed by atoms with Gasteiger partial charge in [0.05, 0.1) is 10.3 Å². The Balaban J connectivity index is 2.88. The van der Waals surface area contributed by atoms with E-state index in [1.807, 2.05) is 0 Å². The van der Waals surface area contributed by atoms with E-state index in [0.717, 1.165) is 11.8 Å². The lowest BCUT2D eigenvalue weighted by Crippen LogP contribution is -2.05. The highest BCUT2D eigenvalue weighted by molar-refractivity contribution is 7.99. The molecule has 0 atom stereocenters. The van der Waals surface area contributed by atoms with Crippen LogP contribution in [0.5, 0.6) is 0 Å². The van der Waals surface area contributed by atoms with Gasteiger partial charge in [-0.05, 0) is 6.92 Å². The molecular weight excluding hydrogens is 275 g/mol. The third kappa shape index (κ3) is 2.34. The minimum Gasteiger partial charge on any atom is -0.383 e. The van der Waals surface area contributed by atoms with E-state index in [0.29, 0.717) is 0 Å². The number of aromatic nitrogens is 2. The number of thioether (sulfide) groups is 1. The van der Waals surface area contributed by atoms with Crippen molar-refractivity contribution in [2.24, 2.45) is 0 Å². The molecule has 0 unspecified atom stereocenters. The second-order valence-electron chi connectivity index (χ2n) is 4.32. The van der Waals surface area contributed by atoms with Gasteiger partial charge in [0.15, 0.2) is 17.5 Å². The first kappa shape index (κ1) is 13.9. The van der Waals surface area contributed by atoms with Crippen LogP contribution < -0.4 is 5.73 Å². The second kappa shape index (κ2) is 4.88. The van der Waals surface area contributed by atoms with Crippen LogP contribution in [0.15, 0.2) is 4.90 Å². The van der Waals surface area contributed by atoms with E-state index in [2.05, 4.69) is 9.97 Å². The largest absolute Gasteiger partial charge is 0.383 e. The summed E-state index contributed by atoms with van der Waals surface area (Å²) in [5.74, 6) is -3.42. The number of anilines is 1. The summed E-state index contributed by atoms with van der Waals surface area (Å²) in [4.78, 5) is 7.16. The molecule has 0 spiro atoms. The quantitative estimate of drug-likeness (QED) is 0.679. The number of benzene rings is 1. The molecule has 0 aliphatic heterocycles. The summed E-state index contributed by atoms with van der Waals surface area (Å²) in [7, 11) is 0. The summed E-state index contributed by atoms with van der Waals surface area (Å²) < 4.78 is 42.1. The molecule has 0 fully saturated rings. The summed E-state index contributed by atoms with van der Waals surface area (Å²) >= 11 is 0.901. The summed E-state index contributed by atoms with van der Waals surface area (Å²) in [6, 6.07) is 0. The van der Waals surface area contributed by atoms with Gasteiger partial charge in [0, 0.05) is 5.25 Å². The minimum atomic E-state index is -1.25. The first-order valence-electron chi connectivity index (χ1n) is 5.59. The standard InChI is InChI=1S/C12H12F3N3S/c1-4(2)19-11-8(14)7(13)6-10(9(11)15)17-5(3)18-12(6)16/h4H,1-3H3,(H2,16,17,18). The maximum absolute atomic E-state index is 14.3. The highest BCUT2D eigenvalue weighted by Crippen LogP contribution is 2.36. The van der Waals surface area contributed by atoms with Crippen LogP contribution in [0.1, 0.15) is 19.7 Å². The summed E-state index contributed by atoms with van der Waals surface area (Å²) in [6.07, 6.45) is 0. The Bertz CT molecular complexity index is 659. The second-order valence-corrected chi connectivity index (χ2v) is 5.90. The lowest BCUT2D eigenvalue weighted by molar-refractivity contribution is 0.477. The lowest BCUT2D eigenvalue weighted by Gasteiger charge is -2.12. The van der Waals surface area contributed by atoms with Crippen LogP contribution in [0, 0.1) is 24.4 Å². The van der Waals surface area contributed by atoms with Crippen LogP contribution in [0.4, 0.5) is 19.0 Å². The number of rotatable bonds is 2. The Kier molecular flexibility index (Phi) is 3.58. The fourth-order valence-corrected chi connectivity index (χ4v) is 2.59. The van der Waals surface area contributed by atoms with Gasteiger partial charge in [-0.2, -0.15) is 0 Å². The molecule has 2 N–H and O–H groups in total. The number of aryl methyl sites for hydroxylation is 1. The predicted molar refractivity (Wildman–Crippen MR) is 69.6 cm³/mol. The Morgan fingerprint density at radius 3 is 2.26 bits per heavy atom. The average Bonchev–Trinajstić information content (AvgIpc) is 2.30. The number of nitrogen functional groups attached to an aromatic ring is 1. The number of hydrogen-bond acceptors (Lipinski definition) is 4. The van der Waals surface area contributed by atoms with Crippen molar-refractivity contribution in [3.05, 3.63) is 23.3 Å². The Morgan fingerprint density at radius 1 is 1.05 bits per heavy atom. The normalized spacial score (nSPS) is 11.5. The van der Waals surface area contributed by atoms with Crippen molar-refractivity contribution >= 4 is 28.5 Å². The molecular formula is C12H12F3N3S. The SMILES string of the molecule is Cc1nc(N)c2c(F)c(F)c(SC(C)C)c(F)c2n1. The topological polar surface area (TPSA) is 51.8 Å². The molecule has 0 aliphatic rings. The molecule has 0 aliphatic carbocycles. The van der Waals surface area contributed by atoms with Crippen LogP contribution in [0.3, 0.4) is 0 Å². The zero-order valence-corrected chi connectivity index (χ0v) is 11.4. The van der Waals surface area contributed by atoms with E-state index in [4.69, 9.17) is 5.73 Å². The van der Waals surface area contributed by atoms with Crippen molar-refractivity contribution in [1.29, 1.82) is 0 Å². The summed E-state index contributed by atoms with van der Waals surface area (Å²) in [5.41, 5.74) is 5.23. The van der Waals surface area contributed by atoms with Crippen LogP contribution >= 0.6 is 11.8 Å². The van der Waals surface area contributed by atoms with E-state index < -0.39 is 22.8 Å². The molecule has 1 heterocycles. The van der Waals surface area contributed by atoms with Crippen molar-refractivity contribution in [2.45, 2.75) is 30.9 Å². The molecule has 2 rings (SSSR count). The van der Waals surface area contributed by atoms with Gasteiger partial charge < -0.3 is 5.73 Å². The van der Waals surface area contributed by atoms with Gasteiger partial charge in [0.25, 0.3) is 0 Å². The molecule has 0 saturated heterocycles. The molecule has 19 heavy (non-hydrogen) atoms. The van der Waals surface area contributed by atoms with Crippen LogP contribution in [-0.4, -0.2) is 15.2 Å². The molecule has 3 nitrogen and oxygen atoms in total. The molecule has 1 aromatic heterocycles. The van der Waals surface area contributed by atoms with Gasteiger partial charge in [-0.15, -0.1) is 11.8 Å². The van der Waals surface area contributed by atoms with Gasteiger partial charge >= 0.3 is 0 Å². The van der Waals surface area contributed by atoms with Crippen molar-refractivity contribution < 1.29 is 13.2 Å². The highest BCUT2D eigenvalue weighted by atomic mass is 32.2. The van der Waals surface area contributed by atoms with Gasteiger partial charge in [-0.1, -0.05) is 13.8 Å².